The Morgan fingerprint density at radius 1 is 1.17 bits per heavy atom. The molecule has 0 saturated carbocycles. The van der Waals surface area contributed by atoms with Gasteiger partial charge in [0.15, 0.2) is 0 Å². The normalized spacial score (nSPS) is 17.0. The number of nitrogens with zero attached hydrogens (tertiary/aromatic N) is 2. The Morgan fingerprint density at radius 3 is 2.00 bits per heavy atom. The van der Waals surface area contributed by atoms with Gasteiger partial charge in [0, 0.05) is 12.3 Å². The van der Waals surface area contributed by atoms with Crippen LogP contribution >= 0.6 is 0 Å². The minimum Gasteiger partial charge on any atom is -0.239 e. The van der Waals surface area contributed by atoms with E-state index < -0.39 is 0 Å². The summed E-state index contributed by atoms with van der Waals surface area (Å²) in [6, 6.07) is 0. The molecule has 1 atom stereocenters. The molecule has 0 heterocycles. The first-order valence-electron chi connectivity index (χ1n) is 7.07. The van der Waals surface area contributed by atoms with Crippen LogP contribution in [0.15, 0.2) is 16.6 Å². The monoisotopic (exact) mass is 251 g/mol. The van der Waals surface area contributed by atoms with E-state index in [1.54, 1.807) is 0 Å². The zero-order valence-electron chi connectivity index (χ0n) is 13.6. The number of allylic oxidation sites excluding steroid dienone is 2. The van der Waals surface area contributed by atoms with Crippen LogP contribution in [0.2, 0.25) is 0 Å². The van der Waals surface area contributed by atoms with Crippen molar-refractivity contribution in [3.63, 3.8) is 0 Å². The Balaban J connectivity index is 5.62. The zero-order chi connectivity index (χ0) is 14.3. The first-order chi connectivity index (χ1) is 8.36. The summed E-state index contributed by atoms with van der Waals surface area (Å²) in [6.45, 7) is 13.3. The summed E-state index contributed by atoms with van der Waals surface area (Å²) in [7, 11) is 3.96. The van der Waals surface area contributed by atoms with Gasteiger partial charge >= 0.3 is 0 Å². The zero-order valence-corrected chi connectivity index (χ0v) is 13.6. The second-order valence-corrected chi connectivity index (χ2v) is 5.20. The fourth-order valence-corrected chi connectivity index (χ4v) is 2.14. The first kappa shape index (κ1) is 17.1. The molecule has 0 spiro atoms. The highest BCUT2D eigenvalue weighted by Crippen LogP contribution is 2.28. The molecule has 2 nitrogen and oxygen atoms in total. The third kappa shape index (κ3) is 4.08. The van der Waals surface area contributed by atoms with Gasteiger partial charge in [0.2, 0.25) is 0 Å². The highest BCUT2D eigenvalue weighted by molar-refractivity contribution is 5.90. The second kappa shape index (κ2) is 7.50. The van der Waals surface area contributed by atoms with Gasteiger partial charge in [-0.05, 0) is 33.1 Å². The van der Waals surface area contributed by atoms with Gasteiger partial charge in [-0.3, -0.25) is 0 Å². The van der Waals surface area contributed by atoms with Crippen LogP contribution in [0.25, 0.3) is 0 Å². The molecule has 0 aliphatic heterocycles. The largest absolute Gasteiger partial charge is 0.288 e. The van der Waals surface area contributed by atoms with Crippen LogP contribution in [-0.4, -0.2) is 30.2 Å². The van der Waals surface area contributed by atoms with Gasteiger partial charge in [-0.25, -0.2) is 4.58 Å². The maximum Gasteiger partial charge on any atom is 0.288 e. The molecule has 0 fully saturated rings. The van der Waals surface area contributed by atoms with E-state index in [0.717, 1.165) is 25.1 Å². The lowest BCUT2D eigenvalue weighted by molar-refractivity contribution is -0.377. The summed E-state index contributed by atoms with van der Waals surface area (Å²) in [4.78, 5) is 4.28. The summed E-state index contributed by atoms with van der Waals surface area (Å²) in [5.41, 5.74) is 3.04. The summed E-state index contributed by atoms with van der Waals surface area (Å²) in [5, 5.41) is 0. The van der Waals surface area contributed by atoms with E-state index >= 15 is 0 Å². The average Bonchev–Trinajstić information content (AvgIpc) is 2.41. The van der Waals surface area contributed by atoms with E-state index in [-0.39, 0.29) is 5.41 Å². The molecule has 1 unspecified atom stereocenters. The molecule has 2 heteroatoms. The molecule has 0 amide bonds. The van der Waals surface area contributed by atoms with Crippen LogP contribution in [0.3, 0.4) is 0 Å². The average molecular weight is 251 g/mol. The molecule has 104 valence electrons. The van der Waals surface area contributed by atoms with Crippen LogP contribution in [0.4, 0.5) is 0 Å². The topological polar surface area (TPSA) is 15.4 Å². The molecule has 0 rings (SSSR count). The van der Waals surface area contributed by atoms with E-state index in [0.29, 0.717) is 0 Å². The van der Waals surface area contributed by atoms with Crippen molar-refractivity contribution in [1.29, 1.82) is 0 Å². The van der Waals surface area contributed by atoms with Crippen molar-refractivity contribution < 1.29 is 4.58 Å². The molecular weight excluding hydrogens is 220 g/mol. The lowest BCUT2D eigenvalue weighted by atomic mass is 9.80. The second-order valence-electron chi connectivity index (χ2n) is 5.20. The van der Waals surface area contributed by atoms with Crippen molar-refractivity contribution in [2.45, 2.75) is 60.8 Å². The van der Waals surface area contributed by atoms with E-state index in [4.69, 9.17) is 0 Å². The number of aliphatic imine (C=N–C) groups is 1. The van der Waals surface area contributed by atoms with E-state index in [1.807, 2.05) is 7.05 Å². The Bertz CT molecular complexity index is 355. The molecule has 0 saturated heterocycles. The smallest absolute Gasteiger partial charge is 0.239 e. The Morgan fingerprint density at radius 2 is 1.67 bits per heavy atom. The van der Waals surface area contributed by atoms with Gasteiger partial charge in [0.05, 0.1) is 12.8 Å². The fourth-order valence-electron chi connectivity index (χ4n) is 2.14. The van der Waals surface area contributed by atoms with Crippen molar-refractivity contribution in [3.05, 3.63) is 11.6 Å². The van der Waals surface area contributed by atoms with E-state index in [9.17, 15) is 0 Å². The number of hydrogen-bond acceptors (Lipinski definition) is 1. The maximum atomic E-state index is 4.28. The molecular formula is C16H31N2+. The quantitative estimate of drug-likeness (QED) is 0.300. The Labute approximate surface area is 114 Å². The van der Waals surface area contributed by atoms with Gasteiger partial charge in [-0.1, -0.05) is 37.4 Å². The van der Waals surface area contributed by atoms with Gasteiger partial charge in [0.25, 0.3) is 5.84 Å². The standard InChI is InChI=1S/C16H31N2/c1-9-15(10-2)12-16(6,11-3)13(4)18(8)14(5)17-7/h12H,9-11H2,1-8H3/q+1/b17-14-,18-13-. The summed E-state index contributed by atoms with van der Waals surface area (Å²) >= 11 is 0. The first-order valence-corrected chi connectivity index (χ1v) is 7.07. The van der Waals surface area contributed by atoms with Crippen molar-refractivity contribution in [1.82, 2.24) is 0 Å². The van der Waals surface area contributed by atoms with Crippen LogP contribution in [-0.2, 0) is 0 Å². The molecule has 0 radical (unpaired) electrons. The van der Waals surface area contributed by atoms with Crippen molar-refractivity contribution in [3.8, 4) is 0 Å². The molecule has 0 aliphatic rings. The molecule has 0 N–H and O–H groups in total. The molecule has 0 aliphatic carbocycles. The minimum absolute atomic E-state index is 0.127. The summed E-state index contributed by atoms with van der Waals surface area (Å²) in [6.07, 6.45) is 5.86. The molecule has 0 aromatic heterocycles. The minimum atomic E-state index is 0.127. The van der Waals surface area contributed by atoms with E-state index in [1.165, 1.54) is 11.3 Å². The highest BCUT2D eigenvalue weighted by atomic mass is 15.1. The van der Waals surface area contributed by atoms with Crippen LogP contribution in [0.5, 0.6) is 0 Å². The predicted molar refractivity (Wildman–Crippen MR) is 83.0 cm³/mol. The van der Waals surface area contributed by atoms with Crippen LogP contribution in [0.1, 0.15) is 60.8 Å². The van der Waals surface area contributed by atoms with Gasteiger partial charge in [-0.15, -0.1) is 0 Å². The fraction of sp³-hybridized carbons (Fsp3) is 0.750. The van der Waals surface area contributed by atoms with Crippen LogP contribution < -0.4 is 0 Å². The maximum absolute atomic E-state index is 4.28. The van der Waals surface area contributed by atoms with Crippen molar-refractivity contribution in [2.24, 2.45) is 10.4 Å². The van der Waals surface area contributed by atoms with Crippen LogP contribution in [0, 0.1) is 5.41 Å². The van der Waals surface area contributed by atoms with Gasteiger partial charge < -0.3 is 0 Å². The summed E-state index contributed by atoms with van der Waals surface area (Å²) < 4.78 is 2.21. The van der Waals surface area contributed by atoms with Crippen molar-refractivity contribution in [2.75, 3.05) is 14.1 Å². The van der Waals surface area contributed by atoms with Gasteiger partial charge in [-0.2, -0.15) is 0 Å². The van der Waals surface area contributed by atoms with E-state index in [2.05, 4.69) is 64.2 Å². The van der Waals surface area contributed by atoms with Crippen molar-refractivity contribution >= 4 is 11.5 Å². The van der Waals surface area contributed by atoms with Gasteiger partial charge in [0.1, 0.15) is 7.05 Å². The lowest BCUT2D eigenvalue weighted by Gasteiger charge is -2.26. The lowest BCUT2D eigenvalue weighted by Crippen LogP contribution is -2.33. The number of rotatable bonds is 5. The molecule has 0 aromatic rings. The SMILES string of the molecule is CCC(=CC(C)(CC)/C(C)=[N+](C)\C(C)=N/C)CC. The summed E-state index contributed by atoms with van der Waals surface area (Å²) in [5.74, 6) is 1.06. The molecule has 0 bridgehead atoms. The third-order valence-electron chi connectivity index (χ3n) is 4.30. The Hall–Kier alpha value is -0.920. The molecule has 18 heavy (non-hydrogen) atoms. The molecule has 0 aromatic carbocycles. The Kier molecular flexibility index (Phi) is 7.12. The number of amidine groups is 1. The predicted octanol–water partition coefficient (Wildman–Crippen LogP) is 4.30. The number of hydrogen-bond donors (Lipinski definition) is 0. The third-order valence-corrected chi connectivity index (χ3v) is 4.30. The highest BCUT2D eigenvalue weighted by Gasteiger charge is 2.27.